The molecule has 0 saturated carbocycles. The van der Waals surface area contributed by atoms with Gasteiger partial charge in [-0.05, 0) is 96.3 Å². The number of fused-ring (bicyclic) bond motifs is 1. The Labute approximate surface area is 395 Å². The van der Waals surface area contributed by atoms with Gasteiger partial charge in [0.15, 0.2) is 5.75 Å². The zero-order valence-corrected chi connectivity index (χ0v) is 39.4. The van der Waals surface area contributed by atoms with Crippen LogP contribution in [0, 0.1) is 15.5 Å². The molecule has 2 saturated heterocycles. The Bertz CT molecular complexity index is 2490. The molecule has 2 aliphatic heterocycles. The van der Waals surface area contributed by atoms with Crippen molar-refractivity contribution in [1.82, 2.24) is 24.5 Å². The summed E-state index contributed by atoms with van der Waals surface area (Å²) in [6, 6.07) is 24.4. The first kappa shape index (κ1) is 47.3. The molecule has 4 aromatic carbocycles. The third-order valence-corrected chi connectivity index (χ3v) is 13.6. The van der Waals surface area contributed by atoms with Gasteiger partial charge in [0.25, 0.3) is 11.6 Å². The van der Waals surface area contributed by atoms with E-state index in [9.17, 15) is 14.9 Å². The SMILES string of the molecule is COCCOCCN1CCO[C@H](CNc2ccc(SNC(=O)c3ccc(N4CCN(CC5=C(c6ccc(Cl)cc6)CC(C)(C)CC5)CC4)cc3Oc3cccc4[nH]cnc34)cc2[N+](=O)[O-])C1. The number of nitrogens with one attached hydrogen (secondary N) is 3. The van der Waals surface area contributed by atoms with E-state index >= 15 is 0 Å². The van der Waals surface area contributed by atoms with E-state index in [-0.39, 0.29) is 17.2 Å². The highest BCUT2D eigenvalue weighted by atomic mass is 35.5. The molecule has 66 heavy (non-hydrogen) atoms. The van der Waals surface area contributed by atoms with Gasteiger partial charge in [0.1, 0.15) is 17.0 Å². The second-order valence-corrected chi connectivity index (χ2v) is 19.1. The maximum absolute atomic E-state index is 14.0. The Balaban J connectivity index is 0.927. The van der Waals surface area contributed by atoms with Crippen LogP contribution in [0.3, 0.4) is 0 Å². The Kier molecular flexibility index (Phi) is 15.8. The topological polar surface area (TPSA) is 160 Å². The minimum Gasteiger partial charge on any atom is -0.454 e. The number of nitro groups is 1. The van der Waals surface area contributed by atoms with Crippen LogP contribution in [0.4, 0.5) is 17.1 Å². The normalized spacial score (nSPS) is 18.1. The van der Waals surface area contributed by atoms with Gasteiger partial charge in [0.2, 0.25) is 0 Å². The summed E-state index contributed by atoms with van der Waals surface area (Å²) in [7, 11) is 1.65. The van der Waals surface area contributed by atoms with Gasteiger partial charge in [-0.25, -0.2) is 4.98 Å². The highest BCUT2D eigenvalue weighted by Gasteiger charge is 2.30. The van der Waals surface area contributed by atoms with Crippen molar-refractivity contribution in [2.24, 2.45) is 5.41 Å². The van der Waals surface area contributed by atoms with Crippen molar-refractivity contribution < 1.29 is 28.7 Å². The van der Waals surface area contributed by atoms with Gasteiger partial charge in [-0.1, -0.05) is 49.2 Å². The molecule has 3 aliphatic rings. The quantitative estimate of drug-likeness (QED) is 0.0312. The van der Waals surface area contributed by atoms with Gasteiger partial charge in [0.05, 0.1) is 54.9 Å². The summed E-state index contributed by atoms with van der Waals surface area (Å²) in [6.45, 7) is 14.0. The smallest absolute Gasteiger partial charge is 0.293 e. The summed E-state index contributed by atoms with van der Waals surface area (Å²) < 4.78 is 26.1. The van der Waals surface area contributed by atoms with E-state index in [0.29, 0.717) is 72.7 Å². The molecule has 17 heteroatoms. The zero-order valence-electron chi connectivity index (χ0n) is 37.9. The summed E-state index contributed by atoms with van der Waals surface area (Å²) >= 11 is 7.27. The number of rotatable bonds is 19. The fraction of sp³-hybridized carbons (Fsp3) is 0.429. The number of para-hydroxylation sites is 1. The van der Waals surface area contributed by atoms with Crippen LogP contribution in [0.2, 0.25) is 5.02 Å². The van der Waals surface area contributed by atoms with Crippen LogP contribution >= 0.6 is 23.5 Å². The van der Waals surface area contributed by atoms with Gasteiger partial charge in [-0.2, -0.15) is 0 Å². The molecule has 8 rings (SSSR count). The number of anilines is 2. The highest BCUT2D eigenvalue weighted by molar-refractivity contribution is 7.98. The number of halogens is 1. The summed E-state index contributed by atoms with van der Waals surface area (Å²) in [5.41, 5.74) is 7.46. The van der Waals surface area contributed by atoms with Crippen LogP contribution in [0.1, 0.15) is 49.0 Å². The lowest BCUT2D eigenvalue weighted by atomic mass is 9.72. The molecular weight excluding hydrogens is 880 g/mol. The number of nitro benzene ring substituents is 1. The van der Waals surface area contributed by atoms with Crippen LogP contribution in [0.15, 0.2) is 95.7 Å². The third kappa shape index (κ3) is 12.2. The lowest BCUT2D eigenvalue weighted by Gasteiger charge is -2.39. The van der Waals surface area contributed by atoms with Gasteiger partial charge in [-0.15, -0.1) is 0 Å². The van der Waals surface area contributed by atoms with E-state index in [0.717, 1.165) is 86.8 Å². The number of benzene rings is 4. The molecule has 3 heterocycles. The first-order valence-corrected chi connectivity index (χ1v) is 23.8. The number of aromatic nitrogens is 2. The number of nitrogens with zero attached hydrogens (tertiary/aromatic N) is 5. The van der Waals surface area contributed by atoms with E-state index < -0.39 is 10.8 Å². The van der Waals surface area contributed by atoms with Crippen molar-refractivity contribution in [3.8, 4) is 11.5 Å². The number of hydrogen-bond donors (Lipinski definition) is 3. The van der Waals surface area contributed by atoms with Crippen molar-refractivity contribution in [1.29, 1.82) is 0 Å². The van der Waals surface area contributed by atoms with Crippen molar-refractivity contribution in [2.45, 2.75) is 44.1 Å². The monoisotopic (exact) mass is 938 g/mol. The van der Waals surface area contributed by atoms with Crippen LogP contribution in [0.5, 0.6) is 11.5 Å². The number of aromatic amines is 1. The summed E-state index contributed by atoms with van der Waals surface area (Å²) in [5, 5.41) is 16.2. The molecule has 0 spiro atoms. The average molecular weight is 940 g/mol. The maximum Gasteiger partial charge on any atom is 0.293 e. The number of imidazole rings is 1. The van der Waals surface area contributed by atoms with Gasteiger partial charge in [-0.3, -0.25) is 29.4 Å². The number of carbonyl (C=O) groups is 1. The molecule has 0 bridgehead atoms. The van der Waals surface area contributed by atoms with Crippen LogP contribution in [-0.2, 0) is 14.2 Å². The number of methoxy groups -OCH3 is 1. The van der Waals surface area contributed by atoms with Gasteiger partial charge < -0.3 is 34.1 Å². The molecule has 1 aromatic heterocycles. The number of hydrogen-bond acceptors (Lipinski definition) is 13. The summed E-state index contributed by atoms with van der Waals surface area (Å²) in [6.07, 6.45) is 4.76. The van der Waals surface area contributed by atoms with Crippen molar-refractivity contribution in [3.05, 3.63) is 117 Å². The molecule has 2 fully saturated rings. The standard InChI is InChI=1S/C49H59ClN8O7S/c1-49(2)16-15-35(41(29-49)34-7-9-36(50)10-8-34)31-55-17-19-57(20-18-55)37-11-13-40(46(27-37)65-45-6-4-5-43-47(45)53-33-52-43)48(59)54-66-39-12-14-42(44(28-39)58(60)61)51-30-38-32-56(22-24-64-38)21-23-63-26-25-62-3/h4-14,27-28,33,38,51H,15-26,29-32H2,1-3H3,(H,52,53)(H,54,59)/t38-/m1/s1. The zero-order chi connectivity index (χ0) is 46.0. The third-order valence-electron chi connectivity index (χ3n) is 12.5. The summed E-state index contributed by atoms with van der Waals surface area (Å²) in [5.74, 6) is 0.475. The molecule has 1 amide bonds. The number of piperazine rings is 1. The largest absolute Gasteiger partial charge is 0.454 e. The molecule has 0 unspecified atom stereocenters. The van der Waals surface area contributed by atoms with E-state index in [1.807, 2.05) is 42.5 Å². The van der Waals surface area contributed by atoms with Crippen molar-refractivity contribution >= 4 is 63.1 Å². The average Bonchev–Trinajstić information content (AvgIpc) is 3.82. The molecule has 350 valence electrons. The Morgan fingerprint density at radius 1 is 1.00 bits per heavy atom. The Morgan fingerprint density at radius 2 is 1.83 bits per heavy atom. The summed E-state index contributed by atoms with van der Waals surface area (Å²) in [4.78, 5) is 41.1. The molecule has 1 atom stereocenters. The van der Waals surface area contributed by atoms with Gasteiger partial charge in [0, 0.05) is 93.8 Å². The first-order valence-electron chi connectivity index (χ1n) is 22.6. The number of amides is 1. The van der Waals surface area contributed by atoms with E-state index in [1.165, 1.54) is 29.2 Å². The predicted octanol–water partition coefficient (Wildman–Crippen LogP) is 8.92. The van der Waals surface area contributed by atoms with Crippen molar-refractivity contribution in [3.63, 3.8) is 0 Å². The van der Waals surface area contributed by atoms with Crippen LogP contribution in [-0.4, -0.2) is 129 Å². The molecule has 0 radical (unpaired) electrons. The first-order chi connectivity index (χ1) is 32.0. The number of allylic oxidation sites excluding steroid dienone is 1. The Hall–Kier alpha value is -5.20. The number of carbonyl (C=O) groups excluding carboxylic acids is 1. The maximum atomic E-state index is 14.0. The molecular formula is C49H59ClN8O7S. The van der Waals surface area contributed by atoms with Crippen LogP contribution in [0.25, 0.3) is 16.6 Å². The number of H-pyrrole nitrogens is 1. The fourth-order valence-electron chi connectivity index (χ4n) is 8.82. The second-order valence-electron chi connectivity index (χ2n) is 17.8. The lowest BCUT2D eigenvalue weighted by molar-refractivity contribution is -0.384. The molecule has 3 N–H and O–H groups in total. The second kappa shape index (κ2) is 22.1. The van der Waals surface area contributed by atoms with Crippen LogP contribution < -0.4 is 19.7 Å². The minimum atomic E-state index is -0.424. The molecule has 1 aliphatic carbocycles. The van der Waals surface area contributed by atoms with Gasteiger partial charge >= 0.3 is 0 Å². The fourth-order valence-corrected chi connectivity index (χ4v) is 9.57. The number of morpholine rings is 1. The molecule has 5 aromatic rings. The Morgan fingerprint density at radius 3 is 2.64 bits per heavy atom. The predicted molar refractivity (Wildman–Crippen MR) is 261 cm³/mol. The minimum absolute atomic E-state index is 0.101. The number of ether oxygens (including phenoxy) is 4. The highest BCUT2D eigenvalue weighted by Crippen LogP contribution is 2.43. The molecule has 15 nitrogen and oxygen atoms in total. The van der Waals surface area contributed by atoms with E-state index in [2.05, 4.69) is 60.7 Å². The van der Waals surface area contributed by atoms with Crippen molar-refractivity contribution in [2.75, 3.05) is 103 Å². The van der Waals surface area contributed by atoms with E-state index in [4.69, 9.17) is 30.5 Å². The lowest BCUT2D eigenvalue weighted by Crippen LogP contribution is -2.47. The van der Waals surface area contributed by atoms with E-state index in [1.54, 1.807) is 31.6 Å².